The predicted molar refractivity (Wildman–Crippen MR) is 114 cm³/mol. The summed E-state index contributed by atoms with van der Waals surface area (Å²) >= 11 is 0. The van der Waals surface area contributed by atoms with Gasteiger partial charge in [0.15, 0.2) is 5.76 Å². The van der Waals surface area contributed by atoms with Crippen LogP contribution in [0, 0.1) is 19.8 Å². The number of carbonyl (C=O) groups excluding carboxylic acids is 1. The van der Waals surface area contributed by atoms with Crippen LogP contribution < -0.4 is 10.1 Å². The highest BCUT2D eigenvalue weighted by Crippen LogP contribution is 2.28. The third kappa shape index (κ3) is 5.43. The molecule has 0 bridgehead atoms. The monoisotopic (exact) mass is 450 g/mol. The molecule has 1 saturated heterocycles. The number of hydrogen-bond donors (Lipinski definition) is 1. The van der Waals surface area contributed by atoms with E-state index in [0.29, 0.717) is 37.6 Å². The Morgan fingerprint density at radius 3 is 2.90 bits per heavy atom. The van der Waals surface area contributed by atoms with Gasteiger partial charge in [0, 0.05) is 31.4 Å². The average molecular weight is 451 g/mol. The first-order valence-corrected chi connectivity index (χ1v) is 12.1. The van der Waals surface area contributed by atoms with E-state index in [0.717, 1.165) is 18.4 Å². The molecule has 0 aromatic carbocycles. The zero-order chi connectivity index (χ0) is 22.4. The Hall–Kier alpha value is -2.46. The second-order valence-electron chi connectivity index (χ2n) is 7.74. The second-order valence-corrected chi connectivity index (χ2v) is 9.62. The smallest absolute Gasteiger partial charge is 0.248 e. The van der Waals surface area contributed by atoms with E-state index in [9.17, 15) is 13.2 Å². The van der Waals surface area contributed by atoms with E-state index in [1.165, 1.54) is 4.31 Å². The van der Waals surface area contributed by atoms with E-state index in [4.69, 9.17) is 9.26 Å². The number of unbranched alkanes of at least 4 members (excludes halogenated alkanes) is 1. The summed E-state index contributed by atoms with van der Waals surface area (Å²) in [5.74, 6) is 0.172. The van der Waals surface area contributed by atoms with Gasteiger partial charge < -0.3 is 14.6 Å². The van der Waals surface area contributed by atoms with Crippen LogP contribution in [0.4, 0.5) is 0 Å². The van der Waals surface area contributed by atoms with Crippen LogP contribution in [0.2, 0.25) is 0 Å². The maximum Gasteiger partial charge on any atom is 0.248 e. The SMILES string of the molecule is CCCCOc1ncccc1CNC(=O)C1CCCN(S(=O)(=O)c2c(C)noc2C)C1. The van der Waals surface area contributed by atoms with Gasteiger partial charge in [0.25, 0.3) is 0 Å². The summed E-state index contributed by atoms with van der Waals surface area (Å²) in [5, 5.41) is 6.67. The molecule has 1 aliphatic heterocycles. The minimum Gasteiger partial charge on any atom is -0.477 e. The second kappa shape index (κ2) is 10.2. The Morgan fingerprint density at radius 2 is 2.19 bits per heavy atom. The van der Waals surface area contributed by atoms with Crippen molar-refractivity contribution in [3.8, 4) is 5.88 Å². The maximum absolute atomic E-state index is 13.1. The van der Waals surface area contributed by atoms with Crippen LogP contribution in [0.3, 0.4) is 0 Å². The number of carbonyl (C=O) groups is 1. The highest BCUT2D eigenvalue weighted by Gasteiger charge is 2.36. The van der Waals surface area contributed by atoms with Crippen molar-refractivity contribution in [1.82, 2.24) is 19.8 Å². The minimum absolute atomic E-state index is 0.0952. The topological polar surface area (TPSA) is 115 Å². The molecule has 1 amide bonds. The number of sulfonamides is 1. The van der Waals surface area contributed by atoms with Crippen molar-refractivity contribution in [2.45, 2.75) is 57.9 Å². The van der Waals surface area contributed by atoms with E-state index in [1.54, 1.807) is 26.1 Å². The highest BCUT2D eigenvalue weighted by atomic mass is 32.2. The molecular formula is C21H30N4O5S. The van der Waals surface area contributed by atoms with Crippen molar-refractivity contribution in [2.24, 2.45) is 5.92 Å². The number of hydrogen-bond acceptors (Lipinski definition) is 7. The lowest BCUT2D eigenvalue weighted by molar-refractivity contribution is -0.126. The van der Waals surface area contributed by atoms with Crippen molar-refractivity contribution < 1.29 is 22.5 Å². The molecule has 2 aromatic heterocycles. The molecule has 0 aliphatic carbocycles. The van der Waals surface area contributed by atoms with Crippen molar-refractivity contribution in [1.29, 1.82) is 0 Å². The fraction of sp³-hybridized carbons (Fsp3) is 0.571. The Kier molecular flexibility index (Phi) is 7.66. The number of piperidine rings is 1. The molecule has 170 valence electrons. The number of rotatable bonds is 9. The molecule has 3 rings (SSSR count). The zero-order valence-electron chi connectivity index (χ0n) is 18.3. The zero-order valence-corrected chi connectivity index (χ0v) is 19.1. The lowest BCUT2D eigenvalue weighted by Crippen LogP contribution is -2.45. The van der Waals surface area contributed by atoms with Gasteiger partial charge in [-0.15, -0.1) is 0 Å². The van der Waals surface area contributed by atoms with Gasteiger partial charge in [-0.1, -0.05) is 24.6 Å². The summed E-state index contributed by atoms with van der Waals surface area (Å²) in [6.45, 7) is 6.62. The third-order valence-corrected chi connectivity index (χ3v) is 7.47. The van der Waals surface area contributed by atoms with E-state index >= 15 is 0 Å². The lowest BCUT2D eigenvalue weighted by atomic mass is 9.99. The van der Waals surface area contributed by atoms with Crippen molar-refractivity contribution in [3.05, 3.63) is 35.3 Å². The van der Waals surface area contributed by atoms with Gasteiger partial charge in [-0.2, -0.15) is 4.31 Å². The summed E-state index contributed by atoms with van der Waals surface area (Å²) < 4.78 is 38.3. The standard InChI is InChI=1S/C21H30N4O5S/c1-4-5-12-29-21-17(8-6-10-22-21)13-23-20(26)18-9-7-11-25(14-18)31(27,28)19-15(2)24-30-16(19)3/h6,8,10,18H,4-5,7,9,11-14H2,1-3H3,(H,23,26). The number of ether oxygens (including phenoxy) is 1. The van der Waals surface area contributed by atoms with Gasteiger partial charge in [0.05, 0.1) is 12.5 Å². The van der Waals surface area contributed by atoms with Gasteiger partial charge in [-0.05, 0) is 39.2 Å². The van der Waals surface area contributed by atoms with Crippen molar-refractivity contribution >= 4 is 15.9 Å². The lowest BCUT2D eigenvalue weighted by Gasteiger charge is -2.31. The number of nitrogens with one attached hydrogen (secondary N) is 1. The molecule has 3 heterocycles. The number of pyridine rings is 1. The Bertz CT molecular complexity index is 985. The maximum atomic E-state index is 13.1. The summed E-state index contributed by atoms with van der Waals surface area (Å²) in [7, 11) is -3.77. The van der Waals surface area contributed by atoms with E-state index < -0.39 is 15.9 Å². The molecule has 2 aromatic rings. The van der Waals surface area contributed by atoms with Crippen LogP contribution >= 0.6 is 0 Å². The molecule has 1 aliphatic rings. The molecule has 0 spiro atoms. The van der Waals surface area contributed by atoms with Gasteiger partial charge in [-0.25, -0.2) is 13.4 Å². The fourth-order valence-corrected chi connectivity index (χ4v) is 5.49. The molecule has 1 N–H and O–H groups in total. The molecule has 0 saturated carbocycles. The molecule has 31 heavy (non-hydrogen) atoms. The number of aryl methyl sites for hydroxylation is 2. The third-order valence-electron chi connectivity index (χ3n) is 5.36. The van der Waals surface area contributed by atoms with E-state index in [2.05, 4.69) is 22.4 Å². The highest BCUT2D eigenvalue weighted by molar-refractivity contribution is 7.89. The molecule has 1 atom stereocenters. The van der Waals surface area contributed by atoms with Crippen molar-refractivity contribution in [3.63, 3.8) is 0 Å². The first-order valence-electron chi connectivity index (χ1n) is 10.6. The number of aromatic nitrogens is 2. The largest absolute Gasteiger partial charge is 0.477 e. The predicted octanol–water partition coefficient (Wildman–Crippen LogP) is 2.58. The summed E-state index contributed by atoms with van der Waals surface area (Å²) in [5.41, 5.74) is 1.12. The average Bonchev–Trinajstić information content (AvgIpc) is 3.11. The molecule has 9 nitrogen and oxygen atoms in total. The summed E-state index contributed by atoms with van der Waals surface area (Å²) in [6.07, 6.45) is 4.85. The Balaban J connectivity index is 1.63. The molecule has 1 unspecified atom stereocenters. The summed E-state index contributed by atoms with van der Waals surface area (Å²) in [6, 6.07) is 3.66. The van der Waals surface area contributed by atoms with Crippen LogP contribution in [0.1, 0.15) is 49.6 Å². The Labute approximate surface area is 183 Å². The number of nitrogens with zero attached hydrogens (tertiary/aromatic N) is 3. The van der Waals surface area contributed by atoms with Gasteiger partial charge >= 0.3 is 0 Å². The van der Waals surface area contributed by atoms with Crippen LogP contribution in [0.15, 0.2) is 27.7 Å². The van der Waals surface area contributed by atoms with Crippen LogP contribution in [0.25, 0.3) is 0 Å². The minimum atomic E-state index is -3.77. The summed E-state index contributed by atoms with van der Waals surface area (Å²) in [4.78, 5) is 17.2. The molecule has 0 radical (unpaired) electrons. The Morgan fingerprint density at radius 1 is 1.39 bits per heavy atom. The molecule has 1 fully saturated rings. The van der Waals surface area contributed by atoms with Crippen molar-refractivity contribution in [2.75, 3.05) is 19.7 Å². The van der Waals surface area contributed by atoms with Crippen LogP contribution in [0.5, 0.6) is 5.88 Å². The van der Waals surface area contributed by atoms with Crippen LogP contribution in [-0.4, -0.2) is 48.5 Å². The normalized spacial score (nSPS) is 17.5. The van der Waals surface area contributed by atoms with Gasteiger partial charge in [0.1, 0.15) is 10.6 Å². The van der Waals surface area contributed by atoms with E-state index in [1.807, 2.05) is 6.07 Å². The molecule has 10 heteroatoms. The van der Waals surface area contributed by atoms with Gasteiger partial charge in [-0.3, -0.25) is 4.79 Å². The van der Waals surface area contributed by atoms with Crippen LogP contribution in [-0.2, 0) is 21.4 Å². The van der Waals surface area contributed by atoms with Gasteiger partial charge in [0.2, 0.25) is 21.8 Å². The number of amides is 1. The quantitative estimate of drug-likeness (QED) is 0.584. The van der Waals surface area contributed by atoms with E-state index in [-0.39, 0.29) is 29.7 Å². The fourth-order valence-electron chi connectivity index (χ4n) is 3.68. The first kappa shape index (κ1) is 23.2. The first-order chi connectivity index (χ1) is 14.8. The molecular weight excluding hydrogens is 420 g/mol.